The molecule has 0 rings (SSSR count). The van der Waals surface area contributed by atoms with Gasteiger partial charge in [0.2, 0.25) is 0 Å². The molecule has 0 aromatic carbocycles. The topological polar surface area (TPSA) is 161 Å². The van der Waals surface area contributed by atoms with Crippen molar-refractivity contribution >= 4 is 45.0 Å². The van der Waals surface area contributed by atoms with Gasteiger partial charge in [-0.2, -0.15) is 0 Å². The molecule has 0 spiro atoms. The number of rotatable bonds is 22. The average Bonchev–Trinajstić information content (AvgIpc) is 2.92. The van der Waals surface area contributed by atoms with Crippen molar-refractivity contribution in [2.75, 3.05) is 0 Å². The van der Waals surface area contributed by atoms with Crippen LogP contribution < -0.4 is 20.4 Å². The molecule has 0 N–H and O–H groups in total. The van der Waals surface area contributed by atoms with Crippen LogP contribution in [-0.2, 0) is 19.2 Å². The van der Waals surface area contributed by atoms with Crippen LogP contribution in [0.3, 0.4) is 0 Å². The van der Waals surface area contributed by atoms with Crippen molar-refractivity contribution in [3.63, 3.8) is 0 Å². The Morgan fingerprint density at radius 2 is 0.878 bits per heavy atom. The summed E-state index contributed by atoms with van der Waals surface area (Å²) in [6.45, 7) is 12.6. The summed E-state index contributed by atoms with van der Waals surface area (Å²) in [6, 6.07) is 0. The van der Waals surface area contributed by atoms with Gasteiger partial charge in [0, 0.05) is 0 Å². The quantitative estimate of drug-likeness (QED) is 0.0954. The van der Waals surface area contributed by atoms with Crippen molar-refractivity contribution in [3.05, 3.63) is 23.3 Å². The van der Waals surface area contributed by atoms with Crippen LogP contribution in [0.2, 0.25) is 8.87 Å². The standard InChI is InChI=1S/2C12H20O4.2C4H9.Sn.2H/c2*1-3-5-6-9(4-2)7-10(12(15)16)8-11(13)14;2*1-3-4-2;;;/h2*8-9H,3-7H2,1-2H3,(H,13,14)(H,15,16);2*1,3-4H2,2H3;;;/q;;;;+4;;/p-4/b2*10-8-;;;;;. The molecule has 0 aliphatic rings. The molecule has 2 atom stereocenters. The summed E-state index contributed by atoms with van der Waals surface area (Å²) in [6.07, 6.45) is 15.2. The minimum atomic E-state index is -1.48. The number of carboxylic acid groups (broad SMARTS) is 4. The predicted octanol–water partition coefficient (Wildman–Crippen LogP) is 2.63. The molecule has 0 aromatic heterocycles. The summed E-state index contributed by atoms with van der Waals surface area (Å²) >= 11 is -0.159. The Balaban J connectivity index is -0.000000551. The van der Waals surface area contributed by atoms with Gasteiger partial charge in [-0.25, -0.2) is 0 Å². The van der Waals surface area contributed by atoms with Crippen LogP contribution in [0.1, 0.15) is 131 Å². The van der Waals surface area contributed by atoms with Crippen LogP contribution in [0.4, 0.5) is 0 Å². The molecule has 0 aromatic rings. The van der Waals surface area contributed by atoms with Gasteiger partial charge in [-0.05, 0) is 48.0 Å². The van der Waals surface area contributed by atoms with Crippen molar-refractivity contribution in [2.24, 2.45) is 11.8 Å². The Bertz CT molecular complexity index is 699. The summed E-state index contributed by atoms with van der Waals surface area (Å²) in [4.78, 5) is 42.0. The Labute approximate surface area is 259 Å². The number of hydrogen-bond donors (Lipinski definition) is 0. The maximum atomic E-state index is 10.7. The van der Waals surface area contributed by atoms with Gasteiger partial charge in [-0.1, -0.05) is 79.1 Å². The van der Waals surface area contributed by atoms with Gasteiger partial charge in [-0.3, -0.25) is 0 Å². The molecule has 9 heteroatoms. The molecule has 0 aliphatic carbocycles. The van der Waals surface area contributed by atoms with Gasteiger partial charge >= 0.3 is 69.5 Å². The van der Waals surface area contributed by atoms with E-state index in [1.807, 2.05) is 13.8 Å². The molecule has 0 heterocycles. The molecule has 8 nitrogen and oxygen atoms in total. The van der Waals surface area contributed by atoms with Crippen LogP contribution >= 0.6 is 0 Å². The van der Waals surface area contributed by atoms with E-state index in [9.17, 15) is 39.6 Å². The second-order valence-corrected chi connectivity index (χ2v) is 16.6. The summed E-state index contributed by atoms with van der Waals surface area (Å²) in [7, 11) is 0. The van der Waals surface area contributed by atoms with E-state index in [1.165, 1.54) is 25.7 Å². The van der Waals surface area contributed by atoms with E-state index in [4.69, 9.17) is 0 Å². The van der Waals surface area contributed by atoms with Crippen LogP contribution in [0.5, 0.6) is 0 Å². The Morgan fingerprint density at radius 3 is 1.10 bits per heavy atom. The summed E-state index contributed by atoms with van der Waals surface area (Å²) in [5.74, 6) is -5.40. The first-order valence-electron chi connectivity index (χ1n) is 15.7. The molecular weight excluding hydrogens is 631 g/mol. The summed E-state index contributed by atoms with van der Waals surface area (Å²) in [5.41, 5.74) is -0.356. The summed E-state index contributed by atoms with van der Waals surface area (Å²) < 4.78 is 3.33. The van der Waals surface area contributed by atoms with Gasteiger partial charge in [0.25, 0.3) is 0 Å². The normalized spacial score (nSPS) is 12.7. The number of aliphatic carboxylic acids is 4. The summed E-state index contributed by atoms with van der Waals surface area (Å²) in [5, 5.41) is 42.0. The predicted molar refractivity (Wildman–Crippen MR) is 160 cm³/mol. The number of carboxylic acids is 4. The molecule has 0 aliphatic heterocycles. The van der Waals surface area contributed by atoms with Crippen molar-refractivity contribution in [1.82, 2.24) is 0 Å². The van der Waals surface area contributed by atoms with E-state index in [2.05, 4.69) is 27.7 Å². The third kappa shape index (κ3) is 30.9. The van der Waals surface area contributed by atoms with E-state index < -0.39 is 23.9 Å². The van der Waals surface area contributed by atoms with Crippen molar-refractivity contribution in [2.45, 2.75) is 140 Å². The third-order valence-electron chi connectivity index (χ3n) is 6.92. The van der Waals surface area contributed by atoms with Gasteiger partial charge in [0.15, 0.2) is 0 Å². The fraction of sp³-hybridized carbons (Fsp3) is 0.750. The maximum absolute atomic E-state index is 10.7. The first kappa shape index (κ1) is 43.6. The second kappa shape index (κ2) is 31.1. The first-order valence-corrected chi connectivity index (χ1v) is 21.4. The van der Waals surface area contributed by atoms with Crippen LogP contribution in [-0.4, -0.2) is 45.0 Å². The molecule has 236 valence electrons. The van der Waals surface area contributed by atoms with Gasteiger partial charge in [0.05, 0.1) is 23.9 Å². The van der Waals surface area contributed by atoms with E-state index in [1.54, 1.807) is 8.87 Å². The molecule has 4 radical (unpaired) electrons. The Kier molecular flexibility index (Phi) is 33.1. The molecule has 0 saturated heterocycles. The second-order valence-electron chi connectivity index (χ2n) is 10.6. The van der Waals surface area contributed by atoms with Crippen LogP contribution in [0, 0.1) is 11.8 Å². The van der Waals surface area contributed by atoms with E-state index in [0.717, 1.165) is 51.4 Å². The van der Waals surface area contributed by atoms with Crippen molar-refractivity contribution < 1.29 is 39.6 Å². The molecule has 0 amide bonds. The molecule has 41 heavy (non-hydrogen) atoms. The molecular formula is C32H56O8Sn. The molecule has 0 fully saturated rings. The number of carbonyl (C=O) groups is 4. The Hall–Kier alpha value is -1.84. The van der Waals surface area contributed by atoms with Gasteiger partial charge in [0.1, 0.15) is 0 Å². The number of unbranched alkanes of at least 4 members (excludes halogenated alkanes) is 4. The fourth-order valence-corrected chi connectivity index (χ4v) is 10.1. The van der Waals surface area contributed by atoms with Gasteiger partial charge in [-0.15, -0.1) is 0 Å². The van der Waals surface area contributed by atoms with Gasteiger partial charge < -0.3 is 39.6 Å². The fourth-order valence-electron chi connectivity index (χ4n) is 4.23. The monoisotopic (exact) mass is 688 g/mol. The zero-order chi connectivity index (χ0) is 32.1. The zero-order valence-corrected chi connectivity index (χ0v) is 30.6. The zero-order valence-electron chi connectivity index (χ0n) is 26.6. The third-order valence-corrected chi connectivity index (χ3v) is 12.6. The minimum absolute atomic E-state index is 0.159. The van der Waals surface area contributed by atoms with Crippen LogP contribution in [0.15, 0.2) is 23.3 Å². The molecule has 0 saturated carbocycles. The SMILES string of the molecule is CCCCC(CC)C/C(=C/C(=O)[O-])C(=O)[O-].CCCCC(CC)C/C(=C/C(=O)[O-])C(=O)[O-].CCC[CH2][SnH2+4][CH2]CCC. The number of hydrogen-bond acceptors (Lipinski definition) is 8. The van der Waals surface area contributed by atoms with Crippen molar-refractivity contribution in [3.8, 4) is 0 Å². The average molecular weight is 688 g/mol. The van der Waals surface area contributed by atoms with E-state index in [-0.39, 0.29) is 57.0 Å². The molecule has 2 unspecified atom stereocenters. The first-order chi connectivity index (χ1) is 19.4. The van der Waals surface area contributed by atoms with Crippen LogP contribution in [0.25, 0.3) is 0 Å². The molecule has 0 bridgehead atoms. The van der Waals surface area contributed by atoms with E-state index >= 15 is 0 Å². The van der Waals surface area contributed by atoms with Crippen molar-refractivity contribution in [1.29, 1.82) is 0 Å². The van der Waals surface area contributed by atoms with E-state index in [0.29, 0.717) is 12.2 Å². The Morgan fingerprint density at radius 1 is 0.561 bits per heavy atom. The number of carbonyl (C=O) groups excluding carboxylic acids is 4.